The van der Waals surface area contributed by atoms with Crippen LogP contribution in [0.3, 0.4) is 0 Å². The Morgan fingerprint density at radius 1 is 0.975 bits per heavy atom. The van der Waals surface area contributed by atoms with Crippen LogP contribution < -0.4 is 15.4 Å². The van der Waals surface area contributed by atoms with E-state index in [0.29, 0.717) is 29.2 Å². The minimum absolute atomic E-state index is 0.0134. The lowest BCUT2D eigenvalue weighted by molar-refractivity contribution is -0.133. The molecular weight excluding hydrogens is 504 g/mol. The second kappa shape index (κ2) is 11.9. The molecule has 2 heterocycles. The van der Waals surface area contributed by atoms with Crippen molar-refractivity contribution in [1.29, 1.82) is 0 Å². The smallest absolute Gasteiger partial charge is 0.257 e. The Labute approximate surface area is 235 Å². The molecule has 1 unspecified atom stereocenters. The maximum atomic E-state index is 13.9. The zero-order valence-corrected chi connectivity index (χ0v) is 23.1. The Morgan fingerprint density at radius 3 is 2.33 bits per heavy atom. The van der Waals surface area contributed by atoms with Gasteiger partial charge in [-0.1, -0.05) is 55.5 Å². The number of hydrogen-bond donors (Lipinski definition) is 2. The molecule has 3 aromatic rings. The normalized spacial score (nSPS) is 17.8. The van der Waals surface area contributed by atoms with Crippen molar-refractivity contribution >= 4 is 23.4 Å². The van der Waals surface area contributed by atoms with Gasteiger partial charge in [0.05, 0.1) is 11.3 Å². The molecule has 2 aliphatic rings. The minimum atomic E-state index is -1.20. The Bertz CT molecular complexity index is 1360. The largest absolute Gasteiger partial charge is 0.457 e. The predicted octanol–water partition coefficient (Wildman–Crippen LogP) is 4.82. The highest BCUT2D eigenvalue weighted by atomic mass is 16.5. The van der Waals surface area contributed by atoms with Gasteiger partial charge in [-0.2, -0.15) is 0 Å². The van der Waals surface area contributed by atoms with Crippen molar-refractivity contribution in [2.24, 2.45) is 0 Å². The fourth-order valence-corrected chi connectivity index (χ4v) is 5.34. The van der Waals surface area contributed by atoms with Crippen molar-refractivity contribution < 1.29 is 19.1 Å². The molecule has 1 atom stereocenters. The van der Waals surface area contributed by atoms with Crippen LogP contribution in [-0.4, -0.2) is 58.7 Å². The number of benzene rings is 3. The number of likely N-dealkylation sites (tertiary alicyclic amines) is 1. The lowest BCUT2D eigenvalue weighted by Crippen LogP contribution is -2.61. The van der Waals surface area contributed by atoms with Crippen LogP contribution in [0.1, 0.15) is 49.0 Å². The molecule has 40 heavy (non-hydrogen) atoms. The highest BCUT2D eigenvalue weighted by Gasteiger charge is 2.44. The van der Waals surface area contributed by atoms with Gasteiger partial charge in [-0.15, -0.1) is 0 Å². The summed E-state index contributed by atoms with van der Waals surface area (Å²) in [4.78, 5) is 44.3. The monoisotopic (exact) mass is 540 g/mol. The van der Waals surface area contributed by atoms with Crippen molar-refractivity contribution in [3.8, 4) is 11.5 Å². The number of fused-ring (bicyclic) bond motifs is 1. The quantitative estimate of drug-likeness (QED) is 0.428. The summed E-state index contributed by atoms with van der Waals surface area (Å²) < 4.78 is 5.93. The number of para-hydroxylation sites is 1. The molecule has 0 radical (unpaired) electrons. The van der Waals surface area contributed by atoms with Crippen LogP contribution in [0.2, 0.25) is 0 Å². The molecule has 8 heteroatoms. The topological polar surface area (TPSA) is 91.0 Å². The summed E-state index contributed by atoms with van der Waals surface area (Å²) in [5, 5.41) is 6.02. The first-order chi connectivity index (χ1) is 19.4. The minimum Gasteiger partial charge on any atom is -0.457 e. The van der Waals surface area contributed by atoms with Gasteiger partial charge in [0.1, 0.15) is 23.6 Å². The second-order valence-electron chi connectivity index (χ2n) is 10.7. The molecule has 1 fully saturated rings. The van der Waals surface area contributed by atoms with Crippen LogP contribution in [0.5, 0.6) is 11.5 Å². The molecule has 208 valence electrons. The van der Waals surface area contributed by atoms with Crippen molar-refractivity contribution in [3.63, 3.8) is 0 Å². The predicted molar refractivity (Wildman–Crippen MR) is 154 cm³/mol. The number of ether oxygens (including phenoxy) is 1. The number of nitrogens with one attached hydrogen (secondary N) is 2. The van der Waals surface area contributed by atoms with Gasteiger partial charge in [0.2, 0.25) is 11.8 Å². The molecule has 8 nitrogen and oxygen atoms in total. The van der Waals surface area contributed by atoms with E-state index in [2.05, 4.69) is 27.7 Å². The van der Waals surface area contributed by atoms with Gasteiger partial charge in [-0.25, -0.2) is 0 Å². The number of anilines is 1. The second-order valence-corrected chi connectivity index (χ2v) is 10.7. The fourth-order valence-electron chi connectivity index (χ4n) is 5.34. The zero-order chi connectivity index (χ0) is 28.1. The SMILES string of the molecule is CCC(C)(C(=O)NC1CCN(Cc2ccccc2)CC1)N1CC(=O)Nc2ccc(Oc3ccccc3)cc2C1=O. The Morgan fingerprint density at radius 2 is 1.65 bits per heavy atom. The Hall–Kier alpha value is -4.17. The summed E-state index contributed by atoms with van der Waals surface area (Å²) in [5.74, 6) is 0.142. The van der Waals surface area contributed by atoms with E-state index in [1.807, 2.05) is 55.5 Å². The molecule has 2 N–H and O–H groups in total. The summed E-state index contributed by atoms with van der Waals surface area (Å²) in [6, 6.07) is 24.7. The molecule has 3 amide bonds. The summed E-state index contributed by atoms with van der Waals surface area (Å²) in [6.07, 6.45) is 2.02. The highest BCUT2D eigenvalue weighted by molar-refractivity contribution is 6.10. The van der Waals surface area contributed by atoms with Crippen LogP contribution in [0.15, 0.2) is 78.9 Å². The molecule has 3 aromatic carbocycles. The maximum Gasteiger partial charge on any atom is 0.257 e. The van der Waals surface area contributed by atoms with Crippen molar-refractivity contribution in [2.45, 2.75) is 51.2 Å². The van der Waals surface area contributed by atoms with Crippen LogP contribution >= 0.6 is 0 Å². The van der Waals surface area contributed by atoms with Crippen LogP contribution in [0, 0.1) is 0 Å². The van der Waals surface area contributed by atoms with E-state index in [9.17, 15) is 14.4 Å². The first-order valence-electron chi connectivity index (χ1n) is 13.9. The Kier molecular flexibility index (Phi) is 8.16. The fraction of sp³-hybridized carbons (Fsp3) is 0.344. The van der Waals surface area contributed by atoms with Gasteiger partial charge in [-0.3, -0.25) is 19.3 Å². The van der Waals surface area contributed by atoms with Gasteiger partial charge in [0.15, 0.2) is 0 Å². The van der Waals surface area contributed by atoms with Gasteiger partial charge in [0.25, 0.3) is 5.91 Å². The van der Waals surface area contributed by atoms with Crippen LogP contribution in [0.4, 0.5) is 5.69 Å². The summed E-state index contributed by atoms with van der Waals surface area (Å²) in [7, 11) is 0. The highest BCUT2D eigenvalue weighted by Crippen LogP contribution is 2.32. The van der Waals surface area contributed by atoms with E-state index in [0.717, 1.165) is 32.5 Å². The van der Waals surface area contributed by atoms with Crippen molar-refractivity contribution in [2.75, 3.05) is 25.0 Å². The molecule has 1 saturated heterocycles. The number of rotatable bonds is 8. The molecule has 0 aliphatic carbocycles. The van der Waals surface area contributed by atoms with Crippen molar-refractivity contribution in [1.82, 2.24) is 15.1 Å². The van der Waals surface area contributed by atoms with Crippen molar-refractivity contribution in [3.05, 3.63) is 90.0 Å². The zero-order valence-electron chi connectivity index (χ0n) is 23.1. The summed E-state index contributed by atoms with van der Waals surface area (Å²) >= 11 is 0. The van der Waals surface area contributed by atoms with Gasteiger partial charge in [0, 0.05) is 25.7 Å². The maximum absolute atomic E-state index is 13.9. The number of carbonyl (C=O) groups is 3. The van der Waals surface area contributed by atoms with Crippen LogP contribution in [-0.2, 0) is 16.1 Å². The standard InChI is InChI=1S/C32H36N4O4/c1-3-32(2,31(39)33-24-16-18-35(19-17-24)21-23-10-6-4-7-11-23)36-22-29(37)34-28-15-14-26(20-27(28)30(36)38)40-25-12-8-5-9-13-25/h4-15,20,24H,3,16-19,21-22H2,1-2H3,(H,33,39)(H,34,37). The third kappa shape index (κ3) is 6.02. The molecule has 0 spiro atoms. The van der Waals surface area contributed by atoms with Gasteiger partial charge >= 0.3 is 0 Å². The number of hydrogen-bond acceptors (Lipinski definition) is 5. The average molecular weight is 541 g/mol. The third-order valence-corrected chi connectivity index (χ3v) is 7.97. The lowest BCUT2D eigenvalue weighted by atomic mass is 9.92. The number of amides is 3. The summed E-state index contributed by atoms with van der Waals surface area (Å²) in [6.45, 7) is 6.05. The van der Waals surface area contributed by atoms with Gasteiger partial charge in [-0.05, 0) is 62.1 Å². The molecule has 0 saturated carbocycles. The average Bonchev–Trinajstić information content (AvgIpc) is 3.10. The van der Waals surface area contributed by atoms with E-state index in [4.69, 9.17) is 4.74 Å². The van der Waals surface area contributed by atoms with E-state index in [1.165, 1.54) is 10.5 Å². The lowest BCUT2D eigenvalue weighted by Gasteiger charge is -2.40. The van der Waals surface area contributed by atoms with E-state index in [-0.39, 0.29) is 30.3 Å². The Balaban J connectivity index is 1.29. The van der Waals surface area contributed by atoms with Gasteiger partial charge < -0.3 is 20.3 Å². The first-order valence-corrected chi connectivity index (χ1v) is 13.9. The van der Waals surface area contributed by atoms with E-state index >= 15 is 0 Å². The van der Waals surface area contributed by atoms with Crippen LogP contribution in [0.25, 0.3) is 0 Å². The molecule has 0 aromatic heterocycles. The first kappa shape index (κ1) is 27.4. The molecule has 2 aliphatic heterocycles. The third-order valence-electron chi connectivity index (χ3n) is 7.97. The molecule has 5 rings (SSSR count). The number of nitrogens with zero attached hydrogens (tertiary/aromatic N) is 2. The molecular formula is C32H36N4O4. The number of piperidine rings is 1. The number of carbonyl (C=O) groups excluding carboxylic acids is 3. The van der Waals surface area contributed by atoms with E-state index in [1.54, 1.807) is 25.1 Å². The van der Waals surface area contributed by atoms with E-state index < -0.39 is 5.54 Å². The summed E-state index contributed by atoms with van der Waals surface area (Å²) in [5.41, 5.74) is 0.774. The molecule has 0 bridgehead atoms.